The summed E-state index contributed by atoms with van der Waals surface area (Å²) >= 11 is 1.48. The number of amides is 1. The zero-order valence-corrected chi connectivity index (χ0v) is 21.5. The smallest absolute Gasteiger partial charge is 0.325 e. The van der Waals surface area contributed by atoms with Gasteiger partial charge >= 0.3 is 17.9 Å². The van der Waals surface area contributed by atoms with E-state index in [0.29, 0.717) is 17.9 Å². The minimum absolute atomic E-state index is 0.0667. The largest absolute Gasteiger partial charge is 0.468 e. The van der Waals surface area contributed by atoms with Gasteiger partial charge in [-0.25, -0.2) is 0 Å². The maximum absolute atomic E-state index is 12.1. The Morgan fingerprint density at radius 2 is 1.52 bits per heavy atom. The second-order valence-electron chi connectivity index (χ2n) is 7.99. The maximum atomic E-state index is 12.1. The molecule has 0 aromatic carbocycles. The van der Waals surface area contributed by atoms with Crippen LogP contribution >= 0.6 is 11.8 Å². The maximum Gasteiger partial charge on any atom is 0.325 e. The zero-order valence-electron chi connectivity index (χ0n) is 20.7. The van der Waals surface area contributed by atoms with Gasteiger partial charge in [-0.15, -0.1) is 0 Å². The highest BCUT2D eigenvalue weighted by molar-refractivity contribution is 7.99. The first-order chi connectivity index (χ1) is 15.9. The van der Waals surface area contributed by atoms with Crippen molar-refractivity contribution in [1.82, 2.24) is 5.32 Å². The Balaban J connectivity index is 3.86. The molecular weight excluding hydrogens is 446 g/mol. The summed E-state index contributed by atoms with van der Waals surface area (Å²) in [5, 5.41) is 2.46. The van der Waals surface area contributed by atoms with E-state index in [2.05, 4.69) is 17.0 Å². The fourth-order valence-corrected chi connectivity index (χ4v) is 3.91. The summed E-state index contributed by atoms with van der Waals surface area (Å²) in [6.07, 6.45) is 11.4. The number of nitrogens with one attached hydrogen (secondary N) is 1. The first-order valence-corrected chi connectivity index (χ1v) is 13.3. The van der Waals surface area contributed by atoms with Gasteiger partial charge in [0.1, 0.15) is 19.3 Å². The molecule has 192 valence electrons. The third kappa shape index (κ3) is 21.8. The van der Waals surface area contributed by atoms with E-state index >= 15 is 0 Å². The van der Waals surface area contributed by atoms with E-state index < -0.39 is 12.1 Å². The molecule has 0 fully saturated rings. The molecule has 0 heterocycles. The van der Waals surface area contributed by atoms with Gasteiger partial charge < -0.3 is 19.5 Å². The number of carbonyl (C=O) groups excluding carboxylic acids is 4. The summed E-state index contributed by atoms with van der Waals surface area (Å²) in [4.78, 5) is 45.9. The topological polar surface area (TPSA) is 108 Å². The lowest BCUT2D eigenvalue weighted by atomic mass is 10.0. The summed E-state index contributed by atoms with van der Waals surface area (Å²) < 4.78 is 15.0. The molecule has 0 saturated carbocycles. The molecule has 0 aromatic rings. The molecule has 0 rings (SSSR count). The molecular formula is C24H43NO7S. The van der Waals surface area contributed by atoms with Crippen LogP contribution in [-0.2, 0) is 33.4 Å². The van der Waals surface area contributed by atoms with Crippen LogP contribution in [0.4, 0.5) is 0 Å². The van der Waals surface area contributed by atoms with Gasteiger partial charge in [-0.2, -0.15) is 11.8 Å². The fraction of sp³-hybridized carbons (Fsp3) is 0.833. The van der Waals surface area contributed by atoms with Gasteiger partial charge in [-0.1, -0.05) is 58.3 Å². The van der Waals surface area contributed by atoms with Gasteiger partial charge in [-0.05, 0) is 12.8 Å². The molecule has 8 nitrogen and oxygen atoms in total. The number of esters is 3. The van der Waals surface area contributed by atoms with Crippen molar-refractivity contribution in [3.63, 3.8) is 0 Å². The molecule has 0 aromatic heterocycles. The summed E-state index contributed by atoms with van der Waals surface area (Å²) in [5.74, 6) is -0.372. The van der Waals surface area contributed by atoms with Crippen LogP contribution in [-0.4, -0.2) is 61.7 Å². The van der Waals surface area contributed by atoms with Gasteiger partial charge in [0, 0.05) is 24.9 Å². The van der Waals surface area contributed by atoms with Crippen molar-refractivity contribution in [2.24, 2.45) is 0 Å². The molecule has 0 aliphatic carbocycles. The lowest BCUT2D eigenvalue weighted by Gasteiger charge is -2.16. The van der Waals surface area contributed by atoms with E-state index in [4.69, 9.17) is 9.47 Å². The molecule has 9 heteroatoms. The van der Waals surface area contributed by atoms with E-state index in [0.717, 1.165) is 12.8 Å². The van der Waals surface area contributed by atoms with Gasteiger partial charge in [0.2, 0.25) is 5.91 Å². The number of rotatable bonds is 21. The second-order valence-corrected chi connectivity index (χ2v) is 9.21. The minimum Gasteiger partial charge on any atom is -0.468 e. The number of ether oxygens (including phenoxy) is 3. The van der Waals surface area contributed by atoms with Crippen molar-refractivity contribution in [3.8, 4) is 0 Å². The monoisotopic (exact) mass is 489 g/mol. The number of thioether (sulfide) groups is 1. The Morgan fingerprint density at radius 1 is 0.879 bits per heavy atom. The molecule has 1 unspecified atom stereocenters. The van der Waals surface area contributed by atoms with E-state index in [9.17, 15) is 19.2 Å². The third-order valence-corrected chi connectivity index (χ3v) is 5.93. The minimum atomic E-state index is -0.493. The van der Waals surface area contributed by atoms with Crippen molar-refractivity contribution in [3.05, 3.63) is 0 Å². The van der Waals surface area contributed by atoms with E-state index in [1.54, 1.807) is 0 Å². The average Bonchev–Trinajstić information content (AvgIpc) is 2.78. The highest BCUT2D eigenvalue weighted by Gasteiger charge is 2.17. The Kier molecular flexibility index (Phi) is 20.9. The van der Waals surface area contributed by atoms with E-state index in [1.807, 2.05) is 0 Å². The molecule has 1 atom stereocenters. The molecule has 0 radical (unpaired) electrons. The number of methoxy groups -OCH3 is 1. The molecule has 0 aliphatic heterocycles. The summed E-state index contributed by atoms with van der Waals surface area (Å²) in [7, 11) is 1.26. The normalized spacial score (nSPS) is 11.5. The van der Waals surface area contributed by atoms with Crippen LogP contribution in [0.5, 0.6) is 0 Å². The number of carbonyl (C=O) groups is 4. The Morgan fingerprint density at radius 3 is 2.12 bits per heavy atom. The van der Waals surface area contributed by atoms with Crippen LogP contribution in [0.1, 0.15) is 90.9 Å². The van der Waals surface area contributed by atoms with Crippen LogP contribution in [0.25, 0.3) is 0 Å². The lowest BCUT2D eigenvalue weighted by Crippen LogP contribution is -2.30. The highest BCUT2D eigenvalue weighted by Crippen LogP contribution is 2.15. The van der Waals surface area contributed by atoms with Crippen LogP contribution < -0.4 is 5.32 Å². The van der Waals surface area contributed by atoms with E-state index in [-0.39, 0.29) is 43.8 Å². The molecule has 0 saturated heterocycles. The average molecular weight is 490 g/mol. The van der Waals surface area contributed by atoms with Crippen LogP contribution in [0.3, 0.4) is 0 Å². The Hall–Kier alpha value is -1.77. The Bertz CT molecular complexity index is 557. The SMILES string of the molecule is CCCCCCCCCCCC(CC(=O)OCCSCCC(=O)NCC(=O)OC)OC(C)=O. The number of unbranched alkanes of at least 4 members (excludes halogenated alkanes) is 8. The summed E-state index contributed by atoms with van der Waals surface area (Å²) in [6.45, 7) is 3.67. The molecule has 1 N–H and O–H groups in total. The highest BCUT2D eigenvalue weighted by atomic mass is 32.2. The molecule has 0 aliphatic rings. The molecule has 33 heavy (non-hydrogen) atoms. The first kappa shape index (κ1) is 31.2. The van der Waals surface area contributed by atoms with Crippen molar-refractivity contribution < 1.29 is 33.4 Å². The molecule has 1 amide bonds. The van der Waals surface area contributed by atoms with Crippen LogP contribution in [0, 0.1) is 0 Å². The standard InChI is InChI=1S/C24H43NO7S/c1-4-5-6-7-8-9-10-11-12-13-21(32-20(2)26)18-23(28)31-15-17-33-16-14-22(27)25-19-24(29)30-3/h21H,4-19H2,1-3H3,(H,25,27). The van der Waals surface area contributed by atoms with Crippen molar-refractivity contribution in [2.45, 2.75) is 97.0 Å². The van der Waals surface area contributed by atoms with Gasteiger partial charge in [0.25, 0.3) is 0 Å². The predicted octanol–water partition coefficient (Wildman–Crippen LogP) is 4.18. The molecule has 0 spiro atoms. The third-order valence-electron chi connectivity index (χ3n) is 4.98. The van der Waals surface area contributed by atoms with Crippen molar-refractivity contribution in [2.75, 3.05) is 31.8 Å². The first-order valence-electron chi connectivity index (χ1n) is 12.1. The molecule has 0 bridgehead atoms. The van der Waals surface area contributed by atoms with Crippen molar-refractivity contribution >= 4 is 35.6 Å². The number of hydrogen-bond acceptors (Lipinski definition) is 8. The predicted molar refractivity (Wildman–Crippen MR) is 130 cm³/mol. The Labute approximate surface area is 203 Å². The van der Waals surface area contributed by atoms with E-state index in [1.165, 1.54) is 70.7 Å². The van der Waals surface area contributed by atoms with Crippen molar-refractivity contribution in [1.29, 1.82) is 0 Å². The van der Waals surface area contributed by atoms with Gasteiger partial charge in [-0.3, -0.25) is 19.2 Å². The summed E-state index contributed by atoms with van der Waals surface area (Å²) in [5.41, 5.74) is 0. The van der Waals surface area contributed by atoms with Gasteiger partial charge in [0.05, 0.1) is 13.5 Å². The lowest BCUT2D eigenvalue weighted by molar-refractivity contribution is -0.153. The fourth-order valence-electron chi connectivity index (χ4n) is 3.18. The zero-order chi connectivity index (χ0) is 24.7. The van der Waals surface area contributed by atoms with Crippen LogP contribution in [0.2, 0.25) is 0 Å². The second kappa shape index (κ2) is 22.0. The number of hydrogen-bond donors (Lipinski definition) is 1. The summed E-state index contributed by atoms with van der Waals surface area (Å²) in [6, 6.07) is 0. The van der Waals surface area contributed by atoms with Crippen LogP contribution in [0.15, 0.2) is 0 Å². The van der Waals surface area contributed by atoms with Gasteiger partial charge in [0.15, 0.2) is 0 Å². The quantitative estimate of drug-likeness (QED) is 0.145.